The van der Waals surface area contributed by atoms with Crippen LogP contribution in [0.4, 0.5) is 0 Å². The maximum Gasteiger partial charge on any atom is 0.346 e. The molecule has 0 spiro atoms. The first kappa shape index (κ1) is 33.7. The summed E-state index contributed by atoms with van der Waals surface area (Å²) in [5, 5.41) is 0. The Labute approximate surface area is 307 Å². The van der Waals surface area contributed by atoms with Gasteiger partial charge in [-0.2, -0.15) is 0 Å². The summed E-state index contributed by atoms with van der Waals surface area (Å²) in [5.41, 5.74) is 6.66. The van der Waals surface area contributed by atoms with Crippen molar-refractivity contribution in [2.24, 2.45) is 0 Å². The van der Waals surface area contributed by atoms with Crippen molar-refractivity contribution in [1.29, 1.82) is 0 Å². The van der Waals surface area contributed by atoms with Gasteiger partial charge in [-0.15, -0.1) is 0 Å². The van der Waals surface area contributed by atoms with E-state index in [0.29, 0.717) is 11.1 Å². The number of cyclic esters (lactones) is 4. The molecule has 0 radical (unpaired) electrons. The molecule has 0 saturated heterocycles. The number of aryl methyl sites for hydroxylation is 2. The normalized spacial score (nSPS) is 12.9. The first-order chi connectivity index (χ1) is 26.0. The fourth-order valence-electron chi connectivity index (χ4n) is 6.26. The molecule has 0 amide bonds. The fraction of sp³-hybridized carbons (Fsp3) is 0.0455. The second-order valence-corrected chi connectivity index (χ2v) is 12.8. The van der Waals surface area contributed by atoms with Gasteiger partial charge in [-0.1, -0.05) is 71.8 Å². The maximum atomic E-state index is 13.4. The molecule has 2 aliphatic heterocycles. The first-order valence-corrected chi connectivity index (χ1v) is 16.7. The number of carbonyl (C=O) groups is 6. The summed E-state index contributed by atoms with van der Waals surface area (Å²) in [7, 11) is 0. The molecular weight excluding hydrogens is 688 g/mol. The van der Waals surface area contributed by atoms with E-state index in [-0.39, 0.29) is 44.9 Å². The fourth-order valence-corrected chi connectivity index (χ4v) is 6.26. The van der Waals surface area contributed by atoms with Gasteiger partial charge in [0.05, 0.1) is 33.4 Å². The van der Waals surface area contributed by atoms with E-state index in [1.165, 1.54) is 36.4 Å². The minimum atomic E-state index is -0.826. The lowest BCUT2D eigenvalue weighted by Gasteiger charge is -2.16. The van der Waals surface area contributed by atoms with E-state index in [0.717, 1.165) is 33.4 Å². The summed E-state index contributed by atoms with van der Waals surface area (Å²) in [6, 6.07) is 34.2. The summed E-state index contributed by atoms with van der Waals surface area (Å²) in [6.45, 7) is 3.93. The van der Waals surface area contributed by atoms with Crippen LogP contribution in [0.2, 0.25) is 0 Å². The van der Waals surface area contributed by atoms with Crippen LogP contribution in [0, 0.1) is 13.8 Å². The summed E-state index contributed by atoms with van der Waals surface area (Å²) in [6.07, 6.45) is 0. The highest BCUT2D eigenvalue weighted by Gasteiger charge is 2.32. The van der Waals surface area contributed by atoms with E-state index >= 15 is 0 Å². The minimum Gasteiger partial charge on any atom is -0.422 e. The van der Waals surface area contributed by atoms with Crippen LogP contribution in [-0.2, 0) is 9.47 Å². The Morgan fingerprint density at radius 3 is 1.13 bits per heavy atom. The molecule has 0 bridgehead atoms. The molecule has 2 aliphatic rings. The quantitative estimate of drug-likeness (QED) is 0.0900. The number of benzene rings is 6. The third-order valence-electron chi connectivity index (χ3n) is 9.18. The summed E-state index contributed by atoms with van der Waals surface area (Å²) < 4.78 is 21.1. The number of esters is 6. The maximum absolute atomic E-state index is 13.4. The molecule has 8 rings (SSSR count). The molecule has 6 aromatic carbocycles. The Hall–Kier alpha value is -7.46. The van der Waals surface area contributed by atoms with Gasteiger partial charge >= 0.3 is 35.8 Å². The van der Waals surface area contributed by atoms with E-state index < -0.39 is 35.8 Å². The highest BCUT2D eigenvalue weighted by molar-refractivity contribution is 6.16. The molecule has 0 aliphatic carbocycles. The molecule has 262 valence electrons. The van der Waals surface area contributed by atoms with Crippen LogP contribution in [0.5, 0.6) is 11.5 Å². The highest BCUT2D eigenvalue weighted by atomic mass is 16.6. The van der Waals surface area contributed by atoms with E-state index in [4.69, 9.17) is 9.47 Å². The molecular formula is C44H26O10. The summed E-state index contributed by atoms with van der Waals surface area (Å²) >= 11 is 0. The highest BCUT2D eigenvalue weighted by Crippen LogP contribution is 2.39. The Morgan fingerprint density at radius 2 is 0.741 bits per heavy atom. The second-order valence-electron chi connectivity index (χ2n) is 12.8. The average molecular weight is 715 g/mol. The van der Waals surface area contributed by atoms with Crippen LogP contribution in [0.15, 0.2) is 121 Å². The molecule has 0 unspecified atom stereocenters. The van der Waals surface area contributed by atoms with Gasteiger partial charge in [0.25, 0.3) is 0 Å². The lowest BCUT2D eigenvalue weighted by Crippen LogP contribution is -2.11. The van der Waals surface area contributed by atoms with Gasteiger partial charge in [0.1, 0.15) is 11.5 Å². The number of carbonyl (C=O) groups excluding carboxylic acids is 6. The van der Waals surface area contributed by atoms with Crippen molar-refractivity contribution in [3.63, 3.8) is 0 Å². The molecule has 0 aromatic heterocycles. The molecule has 54 heavy (non-hydrogen) atoms. The Morgan fingerprint density at radius 1 is 0.389 bits per heavy atom. The Kier molecular flexibility index (Phi) is 8.27. The summed E-state index contributed by atoms with van der Waals surface area (Å²) in [5.74, 6) is -4.13. The largest absolute Gasteiger partial charge is 0.422 e. The van der Waals surface area contributed by atoms with Crippen molar-refractivity contribution in [1.82, 2.24) is 0 Å². The van der Waals surface area contributed by atoms with E-state index in [2.05, 4.69) is 9.47 Å². The van der Waals surface area contributed by atoms with Crippen molar-refractivity contribution in [3.05, 3.63) is 166 Å². The van der Waals surface area contributed by atoms with Gasteiger partial charge < -0.3 is 18.9 Å². The lowest BCUT2D eigenvalue weighted by atomic mass is 9.94. The van der Waals surface area contributed by atoms with Crippen LogP contribution in [0.1, 0.15) is 73.3 Å². The van der Waals surface area contributed by atoms with Crippen LogP contribution >= 0.6 is 0 Å². The smallest absolute Gasteiger partial charge is 0.346 e. The summed E-state index contributed by atoms with van der Waals surface area (Å²) in [4.78, 5) is 74.9. The molecule has 2 heterocycles. The van der Waals surface area contributed by atoms with E-state index in [1.807, 2.05) is 74.5 Å². The Bertz CT molecular complexity index is 2430. The first-order valence-electron chi connectivity index (χ1n) is 16.7. The third kappa shape index (κ3) is 6.22. The van der Waals surface area contributed by atoms with Crippen LogP contribution in [-0.4, -0.2) is 35.8 Å². The predicted molar refractivity (Wildman–Crippen MR) is 195 cm³/mol. The van der Waals surface area contributed by atoms with Gasteiger partial charge in [0.15, 0.2) is 0 Å². The van der Waals surface area contributed by atoms with Crippen molar-refractivity contribution in [2.75, 3.05) is 0 Å². The zero-order valence-electron chi connectivity index (χ0n) is 28.6. The van der Waals surface area contributed by atoms with Crippen LogP contribution < -0.4 is 9.47 Å². The third-order valence-corrected chi connectivity index (χ3v) is 9.18. The van der Waals surface area contributed by atoms with Crippen LogP contribution in [0.25, 0.3) is 33.4 Å². The molecule has 0 atom stereocenters. The molecule has 0 N–H and O–H groups in total. The minimum absolute atomic E-state index is 0.00414. The van der Waals surface area contributed by atoms with Gasteiger partial charge in [0.2, 0.25) is 0 Å². The second kappa shape index (κ2) is 13.3. The van der Waals surface area contributed by atoms with Gasteiger partial charge in [-0.05, 0) is 96.8 Å². The molecule has 10 heteroatoms. The topological polar surface area (TPSA) is 139 Å². The molecule has 0 saturated carbocycles. The number of rotatable bonds is 7. The standard InChI is InChI=1S/C44H26O10/c1-23-3-7-25(8-4-23)33-19-27(13-17-37(33)51-39(45)29-11-15-31-35(21-29)43(49)53-41(31)47)28-14-18-38(34(20-28)26-9-5-24(2)6-10-26)52-40(46)30-12-16-32-36(22-30)44(50)54-42(32)48/h3-22H,1-2H3. The predicted octanol–water partition coefficient (Wildman–Crippen LogP) is 8.36. The number of ether oxygens (including phenoxy) is 4. The zero-order valence-corrected chi connectivity index (χ0v) is 28.6. The zero-order chi connectivity index (χ0) is 37.7. The van der Waals surface area contributed by atoms with Gasteiger partial charge in [-0.3, -0.25) is 0 Å². The molecule has 6 aromatic rings. The van der Waals surface area contributed by atoms with Crippen molar-refractivity contribution in [3.8, 4) is 44.9 Å². The van der Waals surface area contributed by atoms with E-state index in [9.17, 15) is 28.8 Å². The van der Waals surface area contributed by atoms with Gasteiger partial charge in [0, 0.05) is 11.1 Å². The lowest BCUT2D eigenvalue weighted by molar-refractivity contribution is 0.0425. The van der Waals surface area contributed by atoms with Crippen LogP contribution in [0.3, 0.4) is 0 Å². The number of fused-ring (bicyclic) bond motifs is 2. The number of hydrogen-bond donors (Lipinski definition) is 0. The van der Waals surface area contributed by atoms with Crippen molar-refractivity contribution < 1.29 is 47.7 Å². The van der Waals surface area contributed by atoms with Crippen molar-refractivity contribution in [2.45, 2.75) is 13.8 Å². The number of hydrogen-bond acceptors (Lipinski definition) is 10. The Balaban J connectivity index is 1.16. The molecule has 0 fully saturated rings. The van der Waals surface area contributed by atoms with Crippen molar-refractivity contribution >= 4 is 35.8 Å². The SMILES string of the molecule is Cc1ccc(-c2cc(-c3ccc(OC(=O)c4ccc5c(c4)C(=O)OC5=O)c(-c4ccc(C)cc4)c3)ccc2OC(=O)c2ccc3c(c2)C(=O)OC3=O)cc1. The monoisotopic (exact) mass is 714 g/mol. The van der Waals surface area contributed by atoms with Gasteiger partial charge in [-0.25, -0.2) is 28.8 Å². The molecule has 10 nitrogen and oxygen atoms in total. The van der Waals surface area contributed by atoms with E-state index in [1.54, 1.807) is 24.3 Å². The average Bonchev–Trinajstić information content (AvgIpc) is 3.63.